The van der Waals surface area contributed by atoms with Crippen LogP contribution in [-0.4, -0.2) is 31.7 Å². The Morgan fingerprint density at radius 1 is 1.43 bits per heavy atom. The second-order valence-corrected chi connectivity index (χ2v) is 5.58. The SMILES string of the molecule is COC(=O)C1CCCNC1C1Cc2ccccc2N1N=O. The van der Waals surface area contributed by atoms with Crippen LogP contribution in [0.4, 0.5) is 5.69 Å². The van der Waals surface area contributed by atoms with E-state index in [0.29, 0.717) is 6.42 Å². The van der Waals surface area contributed by atoms with Crippen LogP contribution in [0.5, 0.6) is 0 Å². The van der Waals surface area contributed by atoms with Gasteiger partial charge in [0.05, 0.1) is 30.0 Å². The van der Waals surface area contributed by atoms with Crippen LogP contribution in [0.1, 0.15) is 18.4 Å². The number of nitroso groups, excluding NO2 is 1. The molecule has 3 rings (SSSR count). The van der Waals surface area contributed by atoms with Crippen molar-refractivity contribution in [2.45, 2.75) is 31.3 Å². The maximum Gasteiger partial charge on any atom is 0.310 e. The van der Waals surface area contributed by atoms with E-state index >= 15 is 0 Å². The molecule has 6 heteroatoms. The molecule has 21 heavy (non-hydrogen) atoms. The van der Waals surface area contributed by atoms with Crippen molar-refractivity contribution in [2.24, 2.45) is 11.2 Å². The van der Waals surface area contributed by atoms with Gasteiger partial charge in [-0.3, -0.25) is 4.79 Å². The number of para-hydroxylation sites is 1. The Labute approximate surface area is 123 Å². The van der Waals surface area contributed by atoms with Crippen molar-refractivity contribution in [1.82, 2.24) is 5.32 Å². The summed E-state index contributed by atoms with van der Waals surface area (Å²) in [5, 5.41) is 8.09. The summed E-state index contributed by atoms with van der Waals surface area (Å²) in [7, 11) is 1.41. The molecular weight excluding hydrogens is 270 g/mol. The van der Waals surface area contributed by atoms with Gasteiger partial charge >= 0.3 is 5.97 Å². The maximum absolute atomic E-state index is 12.0. The molecule has 1 N–H and O–H groups in total. The first-order chi connectivity index (χ1) is 10.3. The highest BCUT2D eigenvalue weighted by atomic mass is 16.5. The van der Waals surface area contributed by atoms with Gasteiger partial charge in [0.2, 0.25) is 0 Å². The Bertz CT molecular complexity index is 549. The van der Waals surface area contributed by atoms with E-state index in [2.05, 4.69) is 10.6 Å². The van der Waals surface area contributed by atoms with Gasteiger partial charge in [0.15, 0.2) is 0 Å². The van der Waals surface area contributed by atoms with Crippen LogP contribution < -0.4 is 10.3 Å². The number of carbonyl (C=O) groups is 1. The summed E-state index contributed by atoms with van der Waals surface area (Å²) in [6, 6.07) is 7.50. The van der Waals surface area contributed by atoms with Crippen LogP contribution in [0.2, 0.25) is 0 Å². The number of ether oxygens (including phenoxy) is 1. The number of anilines is 1. The molecule has 1 fully saturated rings. The second-order valence-electron chi connectivity index (χ2n) is 5.58. The van der Waals surface area contributed by atoms with Crippen molar-refractivity contribution >= 4 is 11.7 Å². The van der Waals surface area contributed by atoms with E-state index in [-0.39, 0.29) is 24.0 Å². The number of piperidine rings is 1. The molecule has 2 aliphatic heterocycles. The van der Waals surface area contributed by atoms with Crippen LogP contribution in [0, 0.1) is 10.8 Å². The first-order valence-corrected chi connectivity index (χ1v) is 7.28. The lowest BCUT2D eigenvalue weighted by molar-refractivity contribution is -0.147. The molecule has 1 aromatic rings. The smallest absolute Gasteiger partial charge is 0.310 e. The van der Waals surface area contributed by atoms with Crippen molar-refractivity contribution in [3.8, 4) is 0 Å². The summed E-state index contributed by atoms with van der Waals surface area (Å²) in [4.78, 5) is 23.3. The number of rotatable bonds is 3. The number of nitrogens with one attached hydrogen (secondary N) is 1. The predicted molar refractivity (Wildman–Crippen MR) is 78.7 cm³/mol. The fourth-order valence-corrected chi connectivity index (χ4v) is 3.51. The van der Waals surface area contributed by atoms with Gasteiger partial charge in [0.25, 0.3) is 0 Å². The molecule has 1 aromatic carbocycles. The van der Waals surface area contributed by atoms with E-state index in [1.807, 2.05) is 24.3 Å². The largest absolute Gasteiger partial charge is 0.469 e. The molecule has 2 aliphatic rings. The zero-order valence-electron chi connectivity index (χ0n) is 12.0. The summed E-state index contributed by atoms with van der Waals surface area (Å²) in [5.74, 6) is -0.443. The Balaban J connectivity index is 1.89. The summed E-state index contributed by atoms with van der Waals surface area (Å²) in [5.41, 5.74) is 1.94. The average molecular weight is 289 g/mol. The van der Waals surface area contributed by atoms with Crippen molar-refractivity contribution < 1.29 is 9.53 Å². The fourth-order valence-electron chi connectivity index (χ4n) is 3.51. The zero-order valence-corrected chi connectivity index (χ0v) is 12.0. The van der Waals surface area contributed by atoms with E-state index in [0.717, 1.165) is 30.6 Å². The number of methoxy groups -OCH3 is 1. The summed E-state index contributed by atoms with van der Waals surface area (Å²) >= 11 is 0. The highest BCUT2D eigenvalue weighted by Gasteiger charge is 2.43. The minimum absolute atomic E-state index is 0.115. The van der Waals surface area contributed by atoms with Gasteiger partial charge in [-0.25, -0.2) is 5.01 Å². The Hall–Kier alpha value is -1.95. The van der Waals surface area contributed by atoms with E-state index < -0.39 is 0 Å². The minimum atomic E-state index is -0.229. The lowest BCUT2D eigenvalue weighted by Gasteiger charge is -2.36. The molecule has 0 bridgehead atoms. The number of nitrogens with zero attached hydrogens (tertiary/aromatic N) is 2. The number of fused-ring (bicyclic) bond motifs is 1. The Kier molecular flexibility index (Phi) is 3.88. The van der Waals surface area contributed by atoms with Gasteiger partial charge in [-0.05, 0) is 37.4 Å². The number of esters is 1. The lowest BCUT2D eigenvalue weighted by Crippen LogP contribution is -2.56. The van der Waals surface area contributed by atoms with Crippen LogP contribution in [0.25, 0.3) is 0 Å². The number of hydrogen-bond acceptors (Lipinski definition) is 5. The highest BCUT2D eigenvalue weighted by Crippen LogP contribution is 2.36. The first-order valence-electron chi connectivity index (χ1n) is 7.28. The lowest BCUT2D eigenvalue weighted by atomic mass is 9.85. The molecule has 0 amide bonds. The third-order valence-corrected chi connectivity index (χ3v) is 4.49. The first kappa shape index (κ1) is 14.0. The molecule has 112 valence electrons. The standard InChI is InChI=1S/C15H19N3O3/c1-21-15(19)11-6-4-8-16-14(11)13-9-10-5-2-3-7-12(10)18(13)17-20/h2-3,5,7,11,13-14,16H,4,6,8-9H2,1H3. The van der Waals surface area contributed by atoms with Gasteiger partial charge in [-0.15, -0.1) is 4.91 Å². The van der Waals surface area contributed by atoms with Gasteiger partial charge in [-0.2, -0.15) is 0 Å². The molecular formula is C15H19N3O3. The Morgan fingerprint density at radius 3 is 3.00 bits per heavy atom. The van der Waals surface area contributed by atoms with E-state index in [1.165, 1.54) is 12.1 Å². The fraction of sp³-hybridized carbons (Fsp3) is 0.533. The second kappa shape index (κ2) is 5.81. The third-order valence-electron chi connectivity index (χ3n) is 4.49. The molecule has 3 atom stereocenters. The molecule has 6 nitrogen and oxygen atoms in total. The van der Waals surface area contributed by atoms with Crippen molar-refractivity contribution in [2.75, 3.05) is 18.7 Å². The molecule has 2 heterocycles. The number of benzene rings is 1. The molecule has 0 spiro atoms. The average Bonchev–Trinajstić information content (AvgIpc) is 2.92. The van der Waals surface area contributed by atoms with Crippen LogP contribution in [0.15, 0.2) is 29.6 Å². The topological polar surface area (TPSA) is 71.0 Å². The molecule has 0 radical (unpaired) electrons. The van der Waals surface area contributed by atoms with Crippen LogP contribution in [0.3, 0.4) is 0 Å². The molecule has 0 aromatic heterocycles. The number of hydrogen-bond donors (Lipinski definition) is 1. The normalized spacial score (nSPS) is 28.0. The van der Waals surface area contributed by atoms with E-state index in [4.69, 9.17) is 4.74 Å². The van der Waals surface area contributed by atoms with Gasteiger partial charge in [0, 0.05) is 6.04 Å². The summed E-state index contributed by atoms with van der Waals surface area (Å²) < 4.78 is 4.92. The molecule has 3 unspecified atom stereocenters. The zero-order chi connectivity index (χ0) is 14.8. The van der Waals surface area contributed by atoms with Gasteiger partial charge < -0.3 is 10.1 Å². The highest BCUT2D eigenvalue weighted by molar-refractivity contribution is 5.74. The summed E-state index contributed by atoms with van der Waals surface area (Å²) in [6.45, 7) is 0.845. The van der Waals surface area contributed by atoms with Crippen molar-refractivity contribution in [3.05, 3.63) is 34.7 Å². The molecule has 0 saturated carbocycles. The minimum Gasteiger partial charge on any atom is -0.469 e. The van der Waals surface area contributed by atoms with Crippen LogP contribution >= 0.6 is 0 Å². The molecule has 0 aliphatic carbocycles. The van der Waals surface area contributed by atoms with Crippen molar-refractivity contribution in [1.29, 1.82) is 0 Å². The van der Waals surface area contributed by atoms with Crippen molar-refractivity contribution in [3.63, 3.8) is 0 Å². The maximum atomic E-state index is 12.0. The van der Waals surface area contributed by atoms with E-state index in [9.17, 15) is 9.70 Å². The van der Waals surface area contributed by atoms with Gasteiger partial charge in [-0.1, -0.05) is 18.2 Å². The van der Waals surface area contributed by atoms with Gasteiger partial charge in [0.1, 0.15) is 0 Å². The third kappa shape index (κ3) is 2.40. The molecule has 1 saturated heterocycles. The van der Waals surface area contributed by atoms with Crippen LogP contribution in [-0.2, 0) is 16.0 Å². The number of carbonyl (C=O) groups excluding carboxylic acids is 1. The Morgan fingerprint density at radius 2 is 2.24 bits per heavy atom. The van der Waals surface area contributed by atoms with E-state index in [1.54, 1.807) is 0 Å². The predicted octanol–water partition coefficient (Wildman–Crippen LogP) is 1.64. The monoisotopic (exact) mass is 289 g/mol. The quantitative estimate of drug-likeness (QED) is 0.676. The summed E-state index contributed by atoms with van der Waals surface area (Å²) in [6.07, 6.45) is 2.43.